The third-order valence-electron chi connectivity index (χ3n) is 7.41. The van der Waals surface area contributed by atoms with Crippen molar-refractivity contribution in [3.05, 3.63) is 57.6 Å². The average Bonchev–Trinajstić information content (AvgIpc) is 2.77. The number of hydrogen-bond acceptors (Lipinski definition) is 4. The minimum Gasteiger partial charge on any atom is -0.507 e. The number of nitrogens with zero attached hydrogens (tertiary/aromatic N) is 2. The van der Waals surface area contributed by atoms with E-state index in [1.807, 2.05) is 18.5 Å². The maximum Gasteiger partial charge on any atom is 0.128 e. The van der Waals surface area contributed by atoms with Gasteiger partial charge in [0.05, 0.1) is 12.1 Å². The van der Waals surface area contributed by atoms with Gasteiger partial charge in [-0.3, -0.25) is 9.98 Å². The molecule has 0 saturated heterocycles. The first-order valence-corrected chi connectivity index (χ1v) is 13.8. The van der Waals surface area contributed by atoms with Crippen LogP contribution in [0.2, 0.25) is 0 Å². The molecule has 2 atom stereocenters. The van der Waals surface area contributed by atoms with Gasteiger partial charge in [-0.1, -0.05) is 87.3 Å². The van der Waals surface area contributed by atoms with E-state index in [1.54, 1.807) is 0 Å². The summed E-state index contributed by atoms with van der Waals surface area (Å²) in [6.45, 7) is 21.4. The molecule has 0 spiro atoms. The number of aliphatic imine (C=N–C) groups is 2. The minimum atomic E-state index is -0.173. The summed E-state index contributed by atoms with van der Waals surface area (Å²) in [5, 5.41) is 22.1. The zero-order chi connectivity index (χ0) is 27.8. The van der Waals surface area contributed by atoms with Crippen LogP contribution in [0.3, 0.4) is 0 Å². The summed E-state index contributed by atoms with van der Waals surface area (Å²) >= 11 is 0. The van der Waals surface area contributed by atoms with Crippen molar-refractivity contribution in [2.75, 3.05) is 0 Å². The van der Waals surface area contributed by atoms with Gasteiger partial charge in [0.25, 0.3) is 0 Å². The number of aryl methyl sites for hydroxylation is 1. The van der Waals surface area contributed by atoms with Gasteiger partial charge in [0.1, 0.15) is 11.5 Å². The van der Waals surface area contributed by atoms with Gasteiger partial charge in [-0.25, -0.2) is 0 Å². The smallest absolute Gasteiger partial charge is 0.128 e. The molecule has 0 aromatic heterocycles. The monoisotopic (exact) mass is 563 g/mol. The molecule has 0 heterocycles. The van der Waals surface area contributed by atoms with E-state index >= 15 is 0 Å². The van der Waals surface area contributed by atoms with Crippen molar-refractivity contribution in [2.45, 2.75) is 123 Å². The molecule has 0 aliphatic heterocycles. The van der Waals surface area contributed by atoms with Crippen LogP contribution in [0, 0.1) is 6.92 Å². The van der Waals surface area contributed by atoms with E-state index in [0.717, 1.165) is 53.5 Å². The SMILES string of the molecule is Cc1cc(C=N[C@@H]2CCCC[C@H]2N=Cc2cc(C(C)(C)C)cc(C(C)(C)C)c2O)c(O)c(C(C)(C)C)c1.[Co]. The van der Waals surface area contributed by atoms with Gasteiger partial charge in [-0.2, -0.15) is 0 Å². The summed E-state index contributed by atoms with van der Waals surface area (Å²) in [7, 11) is 0. The quantitative estimate of drug-likeness (QED) is 0.369. The molecular formula is C33H48CoN2O2. The van der Waals surface area contributed by atoms with Crippen molar-refractivity contribution in [3.63, 3.8) is 0 Å². The van der Waals surface area contributed by atoms with Crippen LogP contribution in [-0.2, 0) is 33.0 Å². The Morgan fingerprint density at radius 1 is 0.658 bits per heavy atom. The summed E-state index contributed by atoms with van der Waals surface area (Å²) in [6.07, 6.45) is 7.89. The Bertz CT molecular complexity index is 1180. The van der Waals surface area contributed by atoms with E-state index in [9.17, 15) is 10.2 Å². The number of hydrogen-bond donors (Lipinski definition) is 2. The standard InChI is InChI=1S/C33H48N2O2.Co/c1-21-15-22(29(36)25(16-21)32(5,6)7)19-34-27-13-11-12-14-28(27)35-20-23-17-24(31(2,3)4)18-26(30(23)37)33(8,9)10;/h15-20,27-28,36-37H,11-14H2,1-10H3;/t27-,28-;/m1./s1. The normalized spacial score (nSPS) is 19.2. The summed E-state index contributed by atoms with van der Waals surface area (Å²) in [5.74, 6) is 0.635. The topological polar surface area (TPSA) is 65.2 Å². The molecule has 211 valence electrons. The van der Waals surface area contributed by atoms with E-state index in [4.69, 9.17) is 9.98 Å². The van der Waals surface area contributed by atoms with Crippen molar-refractivity contribution in [3.8, 4) is 11.5 Å². The number of aromatic hydroxyl groups is 2. The predicted molar refractivity (Wildman–Crippen MR) is 158 cm³/mol. The second-order valence-electron chi connectivity index (χ2n) is 13.9. The van der Waals surface area contributed by atoms with E-state index in [-0.39, 0.29) is 45.1 Å². The number of benzene rings is 2. The fraction of sp³-hybridized carbons (Fsp3) is 0.576. The van der Waals surface area contributed by atoms with Crippen molar-refractivity contribution in [1.29, 1.82) is 0 Å². The van der Waals surface area contributed by atoms with Gasteiger partial charge in [0.2, 0.25) is 0 Å². The minimum absolute atomic E-state index is 0. The largest absolute Gasteiger partial charge is 0.507 e. The second kappa shape index (κ2) is 12.0. The first-order chi connectivity index (χ1) is 17.0. The third kappa shape index (κ3) is 7.72. The van der Waals surface area contributed by atoms with Crippen LogP contribution in [0.4, 0.5) is 0 Å². The number of phenols is 2. The maximum atomic E-state index is 11.2. The van der Waals surface area contributed by atoms with Gasteiger partial charge >= 0.3 is 0 Å². The molecule has 1 aliphatic carbocycles. The molecule has 1 fully saturated rings. The van der Waals surface area contributed by atoms with Crippen molar-refractivity contribution < 1.29 is 27.0 Å². The van der Waals surface area contributed by atoms with Crippen LogP contribution >= 0.6 is 0 Å². The maximum absolute atomic E-state index is 11.2. The fourth-order valence-electron chi connectivity index (χ4n) is 5.03. The van der Waals surface area contributed by atoms with Crippen LogP contribution in [-0.4, -0.2) is 34.7 Å². The summed E-state index contributed by atoms with van der Waals surface area (Å²) in [6, 6.07) is 8.38. The molecule has 38 heavy (non-hydrogen) atoms. The van der Waals surface area contributed by atoms with Gasteiger partial charge in [0.15, 0.2) is 0 Å². The molecule has 1 aliphatic rings. The predicted octanol–water partition coefficient (Wildman–Crippen LogP) is 8.15. The van der Waals surface area contributed by atoms with Crippen molar-refractivity contribution in [2.24, 2.45) is 9.98 Å². The van der Waals surface area contributed by atoms with E-state index in [2.05, 4.69) is 87.4 Å². The zero-order valence-corrected chi connectivity index (χ0v) is 26.1. The van der Waals surface area contributed by atoms with Gasteiger partial charge in [0, 0.05) is 51.5 Å². The van der Waals surface area contributed by atoms with Crippen molar-refractivity contribution >= 4 is 12.4 Å². The molecule has 3 rings (SSSR count). The molecular weight excluding hydrogens is 515 g/mol. The molecule has 0 bridgehead atoms. The number of rotatable bonds is 4. The van der Waals surface area contributed by atoms with E-state index < -0.39 is 0 Å². The van der Waals surface area contributed by atoms with Crippen molar-refractivity contribution in [1.82, 2.24) is 0 Å². The molecule has 0 amide bonds. The summed E-state index contributed by atoms with van der Waals surface area (Å²) in [5.41, 5.74) is 5.39. The molecule has 4 nitrogen and oxygen atoms in total. The van der Waals surface area contributed by atoms with E-state index in [1.165, 1.54) is 5.56 Å². The third-order valence-corrected chi connectivity index (χ3v) is 7.41. The Balaban J connectivity index is 0.00000507. The fourth-order valence-corrected chi connectivity index (χ4v) is 5.03. The molecule has 1 radical (unpaired) electrons. The number of phenolic OH excluding ortho intramolecular Hbond substituents is 2. The van der Waals surface area contributed by atoms with Crippen LogP contribution in [0.15, 0.2) is 34.3 Å². The van der Waals surface area contributed by atoms with Gasteiger partial charge in [-0.05, 0) is 59.3 Å². The first kappa shape index (κ1) is 32.1. The molecule has 2 N–H and O–H groups in total. The molecule has 0 unspecified atom stereocenters. The Morgan fingerprint density at radius 3 is 1.50 bits per heavy atom. The summed E-state index contributed by atoms with van der Waals surface area (Å²) < 4.78 is 0. The van der Waals surface area contributed by atoms with E-state index in [0.29, 0.717) is 11.5 Å². The van der Waals surface area contributed by atoms with Gasteiger partial charge in [-0.15, -0.1) is 0 Å². The Kier molecular flexibility index (Phi) is 10.1. The Morgan fingerprint density at radius 2 is 1.08 bits per heavy atom. The van der Waals surface area contributed by atoms with Crippen LogP contribution in [0.25, 0.3) is 0 Å². The molecule has 5 heteroatoms. The van der Waals surface area contributed by atoms with Crippen LogP contribution < -0.4 is 0 Å². The molecule has 2 aromatic rings. The molecule has 1 saturated carbocycles. The average molecular weight is 564 g/mol. The zero-order valence-electron chi connectivity index (χ0n) is 25.1. The second-order valence-corrected chi connectivity index (χ2v) is 13.9. The van der Waals surface area contributed by atoms with Crippen LogP contribution in [0.1, 0.15) is 121 Å². The first-order valence-electron chi connectivity index (χ1n) is 13.8. The Hall–Kier alpha value is -2.11. The molecule has 2 aromatic carbocycles. The Labute approximate surface area is 241 Å². The van der Waals surface area contributed by atoms with Gasteiger partial charge < -0.3 is 10.2 Å². The summed E-state index contributed by atoms with van der Waals surface area (Å²) in [4.78, 5) is 9.94. The van der Waals surface area contributed by atoms with Crippen LogP contribution in [0.5, 0.6) is 11.5 Å².